The van der Waals surface area contributed by atoms with Crippen LogP contribution in [0.1, 0.15) is 0 Å². The first-order chi connectivity index (χ1) is 0. The van der Waals surface area contributed by atoms with Gasteiger partial charge in [-0.1, -0.05) is 0 Å². The summed E-state index contributed by atoms with van der Waals surface area (Å²) in [7, 11) is 0. The van der Waals surface area contributed by atoms with E-state index in [2.05, 4.69) is 0 Å². The standard InChI is InChI=1S/K.3H2O.Sn/h;3*1H2;. The van der Waals surface area contributed by atoms with Gasteiger partial charge in [0, 0.05) is 75.3 Å². The van der Waals surface area contributed by atoms with Gasteiger partial charge in [0.25, 0.3) is 0 Å². The average molecular weight is 212 g/mol. The van der Waals surface area contributed by atoms with Crippen LogP contribution in [-0.4, -0.2) is 91.7 Å². The molecule has 5 radical (unpaired) electrons. The van der Waals surface area contributed by atoms with Crippen LogP contribution in [0, 0.1) is 0 Å². The summed E-state index contributed by atoms with van der Waals surface area (Å²) in [5.74, 6) is 0. The summed E-state index contributed by atoms with van der Waals surface area (Å²) in [4.78, 5) is 0. The van der Waals surface area contributed by atoms with Gasteiger partial charge in [0.2, 0.25) is 0 Å². The van der Waals surface area contributed by atoms with Crippen molar-refractivity contribution in [3.63, 3.8) is 0 Å². The third-order valence-electron chi connectivity index (χ3n) is 0. The number of rotatable bonds is 0. The summed E-state index contributed by atoms with van der Waals surface area (Å²) < 4.78 is 0. The Kier molecular flexibility index (Phi) is 362. The molecule has 0 aromatic heterocycles. The van der Waals surface area contributed by atoms with Gasteiger partial charge in [-0.05, 0) is 0 Å². The third kappa shape index (κ3) is 21.9. The van der Waals surface area contributed by atoms with Gasteiger partial charge in [-0.2, -0.15) is 0 Å². The van der Waals surface area contributed by atoms with Crippen molar-refractivity contribution >= 4 is 75.3 Å². The van der Waals surface area contributed by atoms with Crippen molar-refractivity contribution in [3.05, 3.63) is 0 Å². The van der Waals surface area contributed by atoms with Crippen LogP contribution in [0.15, 0.2) is 0 Å². The molecule has 5 heteroatoms. The maximum Gasteiger partial charge on any atom is 0 e. The zero-order valence-electron chi connectivity index (χ0n) is 3.00. The number of hydrogen-bond acceptors (Lipinski definition) is 0. The van der Waals surface area contributed by atoms with Crippen molar-refractivity contribution in [2.75, 3.05) is 0 Å². The summed E-state index contributed by atoms with van der Waals surface area (Å²) in [5, 5.41) is 0. The molecule has 29 valence electrons. The van der Waals surface area contributed by atoms with E-state index in [0.717, 1.165) is 0 Å². The minimum atomic E-state index is 0. The molecule has 6 N–H and O–H groups in total. The predicted molar refractivity (Wildman–Crippen MR) is 22.3 cm³/mol. The molecule has 5 heavy (non-hydrogen) atoms. The second kappa shape index (κ2) is 33.3. The van der Waals surface area contributed by atoms with E-state index in [0.29, 0.717) is 0 Å². The largest absolute Gasteiger partial charge is 0.412 e. The van der Waals surface area contributed by atoms with Crippen LogP contribution >= 0.6 is 0 Å². The van der Waals surface area contributed by atoms with Gasteiger partial charge < -0.3 is 16.4 Å². The van der Waals surface area contributed by atoms with Crippen molar-refractivity contribution in [2.45, 2.75) is 0 Å². The fraction of sp³-hybridized carbons (Fsp3) is 0. The van der Waals surface area contributed by atoms with Crippen molar-refractivity contribution in [3.8, 4) is 0 Å². The molecule has 0 spiro atoms. The summed E-state index contributed by atoms with van der Waals surface area (Å²) in [6.45, 7) is 0. The normalized spacial score (nSPS) is 0. The van der Waals surface area contributed by atoms with E-state index in [4.69, 9.17) is 0 Å². The molecule has 0 heterocycles. The van der Waals surface area contributed by atoms with Gasteiger partial charge in [-0.3, -0.25) is 0 Å². The molecular weight excluding hydrogens is 206 g/mol. The Balaban J connectivity index is 0. The molecule has 0 amide bonds. The Hall–Kier alpha value is 2.32. The maximum absolute atomic E-state index is 0. The molecule has 0 aliphatic rings. The Morgan fingerprint density at radius 1 is 0.600 bits per heavy atom. The van der Waals surface area contributed by atoms with E-state index in [-0.39, 0.29) is 91.7 Å². The van der Waals surface area contributed by atoms with Crippen LogP contribution in [0.2, 0.25) is 0 Å². The van der Waals surface area contributed by atoms with Crippen LogP contribution in [0.25, 0.3) is 0 Å². The van der Waals surface area contributed by atoms with Crippen molar-refractivity contribution in [2.24, 2.45) is 0 Å². The van der Waals surface area contributed by atoms with Gasteiger partial charge in [-0.15, -0.1) is 0 Å². The average Bonchev–Trinajstić information content (AvgIpc) is 0. The van der Waals surface area contributed by atoms with E-state index < -0.39 is 0 Å². The minimum absolute atomic E-state index is 0. The molecule has 0 saturated carbocycles. The summed E-state index contributed by atoms with van der Waals surface area (Å²) in [5.41, 5.74) is 0. The molecule has 0 bridgehead atoms. The predicted octanol–water partition coefficient (Wildman–Crippen LogP) is -3.24. The molecule has 0 unspecified atom stereocenters. The minimum Gasteiger partial charge on any atom is -0.412 e. The Morgan fingerprint density at radius 2 is 0.600 bits per heavy atom. The van der Waals surface area contributed by atoms with E-state index in [1.807, 2.05) is 0 Å². The van der Waals surface area contributed by atoms with Crippen LogP contribution in [0.3, 0.4) is 0 Å². The number of hydrogen-bond donors (Lipinski definition) is 0. The molecule has 0 rings (SSSR count). The van der Waals surface area contributed by atoms with Crippen LogP contribution in [0.4, 0.5) is 0 Å². The van der Waals surface area contributed by atoms with Crippen LogP contribution in [0.5, 0.6) is 0 Å². The SMILES string of the molecule is O.O.O.[K].[Sn]. The zero-order valence-corrected chi connectivity index (χ0v) is 8.98. The molecule has 0 atom stereocenters. The van der Waals surface area contributed by atoms with Gasteiger partial charge in [0.1, 0.15) is 0 Å². The second-order valence-corrected chi connectivity index (χ2v) is 0. The van der Waals surface area contributed by atoms with Gasteiger partial charge >= 0.3 is 0 Å². The zero-order chi connectivity index (χ0) is 0. The van der Waals surface area contributed by atoms with Gasteiger partial charge in [0.05, 0.1) is 0 Å². The van der Waals surface area contributed by atoms with E-state index in [1.54, 1.807) is 0 Å². The van der Waals surface area contributed by atoms with E-state index in [9.17, 15) is 0 Å². The second-order valence-electron chi connectivity index (χ2n) is 0. The molecule has 0 aliphatic carbocycles. The van der Waals surface area contributed by atoms with Crippen LogP contribution in [-0.2, 0) is 0 Å². The quantitative estimate of drug-likeness (QED) is 0.377. The van der Waals surface area contributed by atoms with E-state index in [1.165, 1.54) is 0 Å². The summed E-state index contributed by atoms with van der Waals surface area (Å²) >= 11 is 0. The third-order valence-corrected chi connectivity index (χ3v) is 0. The summed E-state index contributed by atoms with van der Waals surface area (Å²) in [6.07, 6.45) is 0. The fourth-order valence-corrected chi connectivity index (χ4v) is 0. The van der Waals surface area contributed by atoms with Gasteiger partial charge in [0.15, 0.2) is 0 Å². The van der Waals surface area contributed by atoms with E-state index >= 15 is 0 Å². The Labute approximate surface area is 89.8 Å². The summed E-state index contributed by atoms with van der Waals surface area (Å²) in [6, 6.07) is 0. The van der Waals surface area contributed by atoms with Crippen molar-refractivity contribution in [1.29, 1.82) is 0 Å². The fourth-order valence-electron chi connectivity index (χ4n) is 0. The topological polar surface area (TPSA) is 94.5 Å². The Morgan fingerprint density at radius 3 is 0.600 bits per heavy atom. The molecule has 0 fully saturated rings. The molecule has 0 saturated heterocycles. The molecule has 0 aromatic rings. The first kappa shape index (κ1) is 54.4. The first-order valence-electron chi connectivity index (χ1n) is 0. The first-order valence-corrected chi connectivity index (χ1v) is 0. The molecule has 0 aromatic carbocycles. The van der Waals surface area contributed by atoms with Crippen molar-refractivity contribution < 1.29 is 16.4 Å². The van der Waals surface area contributed by atoms with Gasteiger partial charge in [-0.25, -0.2) is 0 Å². The molecule has 0 aliphatic heterocycles. The van der Waals surface area contributed by atoms with Crippen LogP contribution < -0.4 is 0 Å². The molecular formula is H6KO3Sn. The monoisotopic (exact) mass is 213 g/mol. The Bertz CT molecular complexity index is 6.85. The maximum atomic E-state index is 0. The smallest absolute Gasteiger partial charge is 0 e. The molecule has 3 nitrogen and oxygen atoms in total. The van der Waals surface area contributed by atoms with Crippen molar-refractivity contribution in [1.82, 2.24) is 0 Å².